The van der Waals surface area contributed by atoms with Crippen LogP contribution in [0.1, 0.15) is 42.6 Å². The molecule has 10 heteroatoms. The van der Waals surface area contributed by atoms with Crippen molar-refractivity contribution in [3.63, 3.8) is 0 Å². The summed E-state index contributed by atoms with van der Waals surface area (Å²) in [5.74, 6) is -1.25. The normalized spacial score (nSPS) is 11.1. The Morgan fingerprint density at radius 3 is 2.47 bits per heavy atom. The Hall–Kier alpha value is -4.21. The van der Waals surface area contributed by atoms with E-state index in [1.54, 1.807) is 30.3 Å². The van der Waals surface area contributed by atoms with Crippen LogP contribution in [0.2, 0.25) is 0 Å². The highest BCUT2D eigenvalue weighted by molar-refractivity contribution is 6.05. The third-order valence-corrected chi connectivity index (χ3v) is 4.44. The minimum absolute atomic E-state index is 0.0785. The van der Waals surface area contributed by atoms with Gasteiger partial charge < -0.3 is 20.5 Å². The van der Waals surface area contributed by atoms with E-state index >= 15 is 0 Å². The smallest absolute Gasteiger partial charge is 0.303 e. The van der Waals surface area contributed by atoms with Gasteiger partial charge in [0, 0.05) is 30.7 Å². The van der Waals surface area contributed by atoms with Crippen molar-refractivity contribution in [1.29, 1.82) is 0 Å². The molecule has 180 valence electrons. The quantitative estimate of drug-likeness (QED) is 0.187. The predicted molar refractivity (Wildman–Crippen MR) is 125 cm³/mol. The molecule has 0 spiro atoms. The van der Waals surface area contributed by atoms with Gasteiger partial charge in [0.15, 0.2) is 0 Å². The molecule has 3 N–H and O–H groups in total. The van der Waals surface area contributed by atoms with E-state index in [9.17, 15) is 24.5 Å². The Morgan fingerprint density at radius 1 is 1.15 bits per heavy atom. The first kappa shape index (κ1) is 26.0. The number of nitrogens with one attached hydrogen (secondary N) is 2. The number of benzene rings is 2. The summed E-state index contributed by atoms with van der Waals surface area (Å²) >= 11 is 0. The first-order valence-corrected chi connectivity index (χ1v) is 10.7. The lowest BCUT2D eigenvalue weighted by molar-refractivity contribution is -0.384. The molecule has 0 saturated carbocycles. The molecule has 0 atom stereocenters. The number of nitrogens with zero attached hydrogens (tertiary/aromatic N) is 1. The first-order valence-electron chi connectivity index (χ1n) is 10.7. The molecule has 34 heavy (non-hydrogen) atoms. The summed E-state index contributed by atoms with van der Waals surface area (Å²) < 4.78 is 5.60. The lowest BCUT2D eigenvalue weighted by Gasteiger charge is -2.12. The number of carboxylic acid groups (broad SMARTS) is 1. The van der Waals surface area contributed by atoms with Crippen LogP contribution in [0.4, 0.5) is 5.69 Å². The van der Waals surface area contributed by atoms with Crippen LogP contribution in [0, 0.1) is 16.0 Å². The van der Waals surface area contributed by atoms with Crippen LogP contribution in [0.25, 0.3) is 6.08 Å². The Morgan fingerprint density at radius 2 is 1.85 bits per heavy atom. The maximum Gasteiger partial charge on any atom is 0.303 e. The van der Waals surface area contributed by atoms with Crippen molar-refractivity contribution >= 4 is 29.5 Å². The standard InChI is InChI=1S/C24H27N3O7/c1-16(2)15-34-20-10-8-18(9-11-20)23(30)26-21(24(31)25-12-4-7-22(28)29)14-17-5-3-6-19(13-17)27(32)33/h3,5-6,8-11,13-14,16H,4,7,12,15H2,1-2H3,(H,25,31)(H,26,30)(H,28,29). The second kappa shape index (κ2) is 12.7. The van der Waals surface area contributed by atoms with Crippen molar-refractivity contribution in [2.75, 3.05) is 13.2 Å². The summed E-state index contributed by atoms with van der Waals surface area (Å²) in [6.07, 6.45) is 1.40. The zero-order chi connectivity index (χ0) is 25.1. The van der Waals surface area contributed by atoms with Crippen LogP contribution in [0.15, 0.2) is 54.2 Å². The molecule has 2 amide bonds. The maximum atomic E-state index is 12.8. The number of amides is 2. The van der Waals surface area contributed by atoms with Crippen LogP contribution in [0.3, 0.4) is 0 Å². The summed E-state index contributed by atoms with van der Waals surface area (Å²) in [6, 6.07) is 12.0. The highest BCUT2D eigenvalue weighted by Gasteiger charge is 2.16. The molecule has 0 heterocycles. The van der Waals surface area contributed by atoms with Gasteiger partial charge in [0.05, 0.1) is 11.5 Å². The number of ether oxygens (including phenoxy) is 1. The molecule has 2 rings (SSSR count). The van der Waals surface area contributed by atoms with Gasteiger partial charge in [-0.25, -0.2) is 0 Å². The summed E-state index contributed by atoms with van der Waals surface area (Å²) in [5, 5.41) is 24.9. The Kier molecular flexibility index (Phi) is 9.75. The molecule has 0 bridgehead atoms. The van der Waals surface area contributed by atoms with Crippen molar-refractivity contribution in [2.24, 2.45) is 5.92 Å². The second-order valence-corrected chi connectivity index (χ2v) is 7.85. The highest BCUT2D eigenvalue weighted by Crippen LogP contribution is 2.17. The van der Waals surface area contributed by atoms with Crippen molar-refractivity contribution < 1.29 is 29.2 Å². The zero-order valence-corrected chi connectivity index (χ0v) is 18.9. The molecular weight excluding hydrogens is 442 g/mol. The number of carbonyl (C=O) groups excluding carboxylic acids is 2. The van der Waals surface area contributed by atoms with Gasteiger partial charge in [0.25, 0.3) is 17.5 Å². The third kappa shape index (κ3) is 8.73. The van der Waals surface area contributed by atoms with E-state index in [2.05, 4.69) is 10.6 Å². The SMILES string of the molecule is CC(C)COc1ccc(C(=O)NC(=Cc2cccc([N+](=O)[O-])c2)C(=O)NCCCC(=O)O)cc1. The van der Waals surface area contributed by atoms with Gasteiger partial charge in [0.1, 0.15) is 11.4 Å². The molecule has 0 aliphatic heterocycles. The zero-order valence-electron chi connectivity index (χ0n) is 18.9. The summed E-state index contributed by atoms with van der Waals surface area (Å²) in [4.78, 5) is 46.6. The Labute approximate surface area is 196 Å². The van der Waals surface area contributed by atoms with Crippen LogP contribution < -0.4 is 15.4 Å². The van der Waals surface area contributed by atoms with E-state index in [4.69, 9.17) is 9.84 Å². The van der Waals surface area contributed by atoms with Gasteiger partial charge in [-0.15, -0.1) is 0 Å². The minimum atomic E-state index is -0.990. The highest BCUT2D eigenvalue weighted by atomic mass is 16.6. The van der Waals surface area contributed by atoms with Crippen molar-refractivity contribution in [3.05, 3.63) is 75.5 Å². The molecule has 0 unspecified atom stereocenters. The van der Waals surface area contributed by atoms with E-state index < -0.39 is 22.7 Å². The molecule has 0 saturated heterocycles. The van der Waals surface area contributed by atoms with E-state index in [1.165, 1.54) is 24.3 Å². The number of nitro benzene ring substituents is 1. The van der Waals surface area contributed by atoms with Crippen LogP contribution in [-0.2, 0) is 9.59 Å². The molecule has 0 radical (unpaired) electrons. The van der Waals surface area contributed by atoms with Gasteiger partial charge in [0.2, 0.25) is 0 Å². The third-order valence-electron chi connectivity index (χ3n) is 4.44. The van der Waals surface area contributed by atoms with E-state index in [-0.39, 0.29) is 36.3 Å². The Bertz CT molecular complexity index is 1060. The molecule has 0 fully saturated rings. The first-order chi connectivity index (χ1) is 16.2. The lowest BCUT2D eigenvalue weighted by atomic mass is 10.1. The van der Waals surface area contributed by atoms with E-state index in [0.717, 1.165) is 0 Å². The van der Waals surface area contributed by atoms with E-state index in [0.29, 0.717) is 23.8 Å². The van der Waals surface area contributed by atoms with Gasteiger partial charge >= 0.3 is 5.97 Å². The molecule has 2 aromatic rings. The molecule has 10 nitrogen and oxygen atoms in total. The van der Waals surface area contributed by atoms with Crippen LogP contribution >= 0.6 is 0 Å². The lowest BCUT2D eigenvalue weighted by Crippen LogP contribution is -2.35. The predicted octanol–water partition coefficient (Wildman–Crippen LogP) is 3.38. The number of carboxylic acids is 1. The topological polar surface area (TPSA) is 148 Å². The molecule has 0 aromatic heterocycles. The second-order valence-electron chi connectivity index (χ2n) is 7.85. The van der Waals surface area contributed by atoms with Gasteiger partial charge in [-0.3, -0.25) is 24.5 Å². The number of carbonyl (C=O) groups is 3. The van der Waals surface area contributed by atoms with E-state index in [1.807, 2.05) is 13.8 Å². The monoisotopic (exact) mass is 469 g/mol. The number of rotatable bonds is 12. The fourth-order valence-electron chi connectivity index (χ4n) is 2.75. The van der Waals surface area contributed by atoms with Crippen molar-refractivity contribution in [3.8, 4) is 5.75 Å². The average Bonchev–Trinajstić information content (AvgIpc) is 2.80. The summed E-state index contributed by atoms with van der Waals surface area (Å²) in [5.41, 5.74) is 0.308. The number of nitro groups is 1. The number of aliphatic carboxylic acids is 1. The van der Waals surface area contributed by atoms with Crippen LogP contribution in [0.5, 0.6) is 5.75 Å². The fraction of sp³-hybridized carbons (Fsp3) is 0.292. The van der Waals surface area contributed by atoms with Gasteiger partial charge in [-0.05, 0) is 48.2 Å². The number of hydrogen-bond donors (Lipinski definition) is 3. The van der Waals surface area contributed by atoms with Crippen molar-refractivity contribution in [1.82, 2.24) is 10.6 Å². The number of non-ortho nitro benzene ring substituents is 1. The van der Waals surface area contributed by atoms with Gasteiger partial charge in [-0.1, -0.05) is 26.0 Å². The van der Waals surface area contributed by atoms with Crippen molar-refractivity contribution in [2.45, 2.75) is 26.7 Å². The maximum absolute atomic E-state index is 12.8. The average molecular weight is 469 g/mol. The fourth-order valence-corrected chi connectivity index (χ4v) is 2.75. The largest absolute Gasteiger partial charge is 0.493 e. The molecule has 0 aliphatic carbocycles. The summed E-state index contributed by atoms with van der Waals surface area (Å²) in [6.45, 7) is 4.65. The molecular formula is C24H27N3O7. The van der Waals surface area contributed by atoms with Gasteiger partial charge in [-0.2, -0.15) is 0 Å². The summed E-state index contributed by atoms with van der Waals surface area (Å²) in [7, 11) is 0. The Balaban J connectivity index is 2.20. The van der Waals surface area contributed by atoms with Crippen LogP contribution in [-0.4, -0.2) is 41.0 Å². The molecule has 0 aliphatic rings. The number of hydrogen-bond acceptors (Lipinski definition) is 6. The molecule has 2 aromatic carbocycles. The minimum Gasteiger partial charge on any atom is -0.493 e.